The lowest BCUT2D eigenvalue weighted by Crippen LogP contribution is -3.11. The molecule has 1 aliphatic rings. The molecule has 13 heavy (non-hydrogen) atoms. The predicted molar refractivity (Wildman–Crippen MR) is 57.1 cm³/mol. The Morgan fingerprint density at radius 1 is 1.00 bits per heavy atom. The van der Waals surface area contributed by atoms with Gasteiger partial charge in [-0.2, -0.15) is 0 Å². The van der Waals surface area contributed by atoms with Crippen molar-refractivity contribution < 1.29 is 4.90 Å². The summed E-state index contributed by atoms with van der Waals surface area (Å²) in [6.07, 6.45) is 2.55. The largest absolute Gasteiger partial charge is 0.337 e. The number of rotatable bonds is 1. The lowest BCUT2D eigenvalue weighted by atomic mass is 9.79. The molecule has 2 nitrogen and oxygen atoms in total. The van der Waals surface area contributed by atoms with Gasteiger partial charge in [-0.05, 0) is 27.7 Å². The monoisotopic (exact) mass is 185 g/mol. The quantitative estimate of drug-likeness (QED) is 0.606. The molecule has 0 aromatic carbocycles. The molecular formula is C11H25N2+. The molecule has 1 saturated heterocycles. The smallest absolute Gasteiger partial charge is 0.0905 e. The highest BCUT2D eigenvalue weighted by Crippen LogP contribution is 2.26. The van der Waals surface area contributed by atoms with Crippen molar-refractivity contribution in [3.8, 4) is 0 Å². The van der Waals surface area contributed by atoms with Crippen LogP contribution < -0.4 is 10.2 Å². The van der Waals surface area contributed by atoms with E-state index >= 15 is 0 Å². The third-order valence-electron chi connectivity index (χ3n) is 3.01. The summed E-state index contributed by atoms with van der Waals surface area (Å²) >= 11 is 0. The summed E-state index contributed by atoms with van der Waals surface area (Å²) < 4.78 is 0. The van der Waals surface area contributed by atoms with Crippen molar-refractivity contribution in [3.05, 3.63) is 0 Å². The summed E-state index contributed by atoms with van der Waals surface area (Å²) in [4.78, 5) is 1.59. The van der Waals surface area contributed by atoms with Gasteiger partial charge >= 0.3 is 0 Å². The van der Waals surface area contributed by atoms with Crippen LogP contribution in [-0.2, 0) is 0 Å². The van der Waals surface area contributed by atoms with Crippen LogP contribution in [0.4, 0.5) is 0 Å². The van der Waals surface area contributed by atoms with E-state index in [1.54, 1.807) is 4.90 Å². The first-order valence-electron chi connectivity index (χ1n) is 5.31. The van der Waals surface area contributed by atoms with Crippen LogP contribution in [0.15, 0.2) is 0 Å². The number of hydrogen-bond donors (Lipinski definition) is 2. The van der Waals surface area contributed by atoms with Crippen LogP contribution in [-0.4, -0.2) is 31.2 Å². The molecule has 0 atom stereocenters. The molecule has 2 heteroatoms. The highest BCUT2D eigenvalue weighted by Gasteiger charge is 2.40. The van der Waals surface area contributed by atoms with Crippen LogP contribution in [0, 0.1) is 0 Å². The van der Waals surface area contributed by atoms with Gasteiger partial charge in [0.25, 0.3) is 0 Å². The maximum absolute atomic E-state index is 3.70. The zero-order valence-corrected chi connectivity index (χ0v) is 9.99. The standard InChI is InChI=1S/C11H24N2/c1-10(2)7-9(13(5)6)8-11(3,4)12-10/h9,12H,7-8H2,1-6H3/p+1. The van der Waals surface area contributed by atoms with E-state index in [-0.39, 0.29) is 0 Å². The van der Waals surface area contributed by atoms with Crippen LogP contribution in [0.2, 0.25) is 0 Å². The fourth-order valence-corrected chi connectivity index (χ4v) is 2.73. The van der Waals surface area contributed by atoms with E-state index < -0.39 is 0 Å². The molecule has 0 aromatic heterocycles. The van der Waals surface area contributed by atoms with Crippen molar-refractivity contribution in [2.24, 2.45) is 0 Å². The lowest BCUT2D eigenvalue weighted by Gasteiger charge is -2.46. The molecule has 0 unspecified atom stereocenters. The Balaban J connectivity index is 2.72. The van der Waals surface area contributed by atoms with Gasteiger partial charge in [0.05, 0.1) is 20.1 Å². The predicted octanol–water partition coefficient (Wildman–Crippen LogP) is 0.440. The van der Waals surface area contributed by atoms with Gasteiger partial charge in [0.2, 0.25) is 0 Å². The van der Waals surface area contributed by atoms with E-state index in [2.05, 4.69) is 47.1 Å². The summed E-state index contributed by atoms with van der Waals surface area (Å²) in [6.45, 7) is 9.24. The van der Waals surface area contributed by atoms with Crippen molar-refractivity contribution in [1.29, 1.82) is 0 Å². The van der Waals surface area contributed by atoms with Crippen LogP contribution in [0.5, 0.6) is 0 Å². The Kier molecular flexibility index (Phi) is 2.75. The second-order valence-corrected chi connectivity index (χ2v) is 6.08. The number of quaternary nitrogens is 1. The summed E-state index contributed by atoms with van der Waals surface area (Å²) in [6, 6.07) is 0.797. The minimum absolute atomic E-state index is 0.295. The summed E-state index contributed by atoms with van der Waals surface area (Å²) in [5.41, 5.74) is 0.591. The fraction of sp³-hybridized carbons (Fsp3) is 1.00. The van der Waals surface area contributed by atoms with E-state index in [9.17, 15) is 0 Å². The highest BCUT2D eigenvalue weighted by atomic mass is 15.1. The molecule has 0 bridgehead atoms. The maximum atomic E-state index is 3.70. The molecule has 0 saturated carbocycles. The first kappa shape index (κ1) is 11.0. The fourth-order valence-electron chi connectivity index (χ4n) is 2.73. The van der Waals surface area contributed by atoms with Crippen molar-refractivity contribution in [2.75, 3.05) is 14.1 Å². The third-order valence-corrected chi connectivity index (χ3v) is 3.01. The Morgan fingerprint density at radius 2 is 1.38 bits per heavy atom. The van der Waals surface area contributed by atoms with Crippen LogP contribution in [0.3, 0.4) is 0 Å². The van der Waals surface area contributed by atoms with E-state index in [4.69, 9.17) is 0 Å². The van der Waals surface area contributed by atoms with Gasteiger partial charge in [0, 0.05) is 23.9 Å². The number of nitrogens with one attached hydrogen (secondary N) is 2. The minimum Gasteiger partial charge on any atom is -0.337 e. The van der Waals surface area contributed by atoms with Gasteiger partial charge in [-0.15, -0.1) is 0 Å². The molecule has 1 fully saturated rings. The molecule has 0 aliphatic carbocycles. The van der Waals surface area contributed by atoms with Crippen LogP contribution >= 0.6 is 0 Å². The molecule has 2 N–H and O–H groups in total. The second-order valence-electron chi connectivity index (χ2n) is 6.08. The van der Waals surface area contributed by atoms with Crippen LogP contribution in [0.25, 0.3) is 0 Å². The first-order chi connectivity index (χ1) is 5.72. The average Bonchev–Trinajstić information content (AvgIpc) is 1.79. The van der Waals surface area contributed by atoms with E-state index in [1.807, 2.05) is 0 Å². The van der Waals surface area contributed by atoms with Crippen molar-refractivity contribution in [3.63, 3.8) is 0 Å². The Labute approximate surface area is 82.7 Å². The third kappa shape index (κ3) is 2.96. The SMILES string of the molecule is C[NH+](C)C1CC(C)(C)NC(C)(C)C1. The minimum atomic E-state index is 0.295. The van der Waals surface area contributed by atoms with Gasteiger partial charge in [-0.3, -0.25) is 0 Å². The Morgan fingerprint density at radius 3 is 1.69 bits per heavy atom. The summed E-state index contributed by atoms with van der Waals surface area (Å²) in [5, 5.41) is 3.70. The molecular weight excluding hydrogens is 160 g/mol. The molecule has 0 radical (unpaired) electrons. The zero-order chi connectivity index (χ0) is 10.3. The Bertz CT molecular complexity index is 167. The molecule has 78 valence electrons. The zero-order valence-electron chi connectivity index (χ0n) is 9.99. The van der Waals surface area contributed by atoms with Gasteiger partial charge in [-0.25, -0.2) is 0 Å². The van der Waals surface area contributed by atoms with Crippen molar-refractivity contribution in [1.82, 2.24) is 5.32 Å². The highest BCUT2D eigenvalue weighted by molar-refractivity contribution is 4.96. The normalized spacial score (nSPS) is 27.9. The number of hydrogen-bond acceptors (Lipinski definition) is 1. The number of piperidine rings is 1. The average molecular weight is 185 g/mol. The maximum Gasteiger partial charge on any atom is 0.0905 e. The van der Waals surface area contributed by atoms with E-state index in [1.165, 1.54) is 12.8 Å². The molecule has 1 aliphatic heterocycles. The van der Waals surface area contributed by atoms with Crippen LogP contribution in [0.1, 0.15) is 40.5 Å². The summed E-state index contributed by atoms with van der Waals surface area (Å²) in [7, 11) is 4.53. The van der Waals surface area contributed by atoms with Gasteiger partial charge in [-0.1, -0.05) is 0 Å². The van der Waals surface area contributed by atoms with Gasteiger partial charge < -0.3 is 10.2 Å². The molecule has 1 heterocycles. The summed E-state index contributed by atoms with van der Waals surface area (Å²) in [5.74, 6) is 0. The molecule has 0 amide bonds. The molecule has 1 rings (SSSR count). The second kappa shape index (κ2) is 3.25. The first-order valence-corrected chi connectivity index (χ1v) is 5.31. The van der Waals surface area contributed by atoms with Gasteiger partial charge in [0.1, 0.15) is 0 Å². The van der Waals surface area contributed by atoms with Gasteiger partial charge in [0.15, 0.2) is 0 Å². The van der Waals surface area contributed by atoms with E-state index in [0.717, 1.165) is 6.04 Å². The topological polar surface area (TPSA) is 16.5 Å². The van der Waals surface area contributed by atoms with E-state index in [0.29, 0.717) is 11.1 Å². The molecule has 0 aromatic rings. The Hall–Kier alpha value is -0.0800. The van der Waals surface area contributed by atoms with Crippen molar-refractivity contribution in [2.45, 2.75) is 57.7 Å². The van der Waals surface area contributed by atoms with Crippen molar-refractivity contribution >= 4 is 0 Å². The lowest BCUT2D eigenvalue weighted by molar-refractivity contribution is -0.888. The molecule has 0 spiro atoms.